The van der Waals surface area contributed by atoms with Crippen molar-refractivity contribution in [1.29, 1.82) is 0 Å². The number of carbonyl (C=O) groups excluding carboxylic acids is 1. The molecule has 0 aliphatic carbocycles. The minimum absolute atomic E-state index is 0.0565. The van der Waals surface area contributed by atoms with Crippen molar-refractivity contribution in [3.63, 3.8) is 0 Å². The van der Waals surface area contributed by atoms with Crippen LogP contribution in [0.25, 0.3) is 0 Å². The largest absolute Gasteiger partial charge is 0.507 e. The third-order valence-electron chi connectivity index (χ3n) is 2.96. The van der Waals surface area contributed by atoms with Crippen molar-refractivity contribution in [3.05, 3.63) is 53.8 Å². The first-order chi connectivity index (χ1) is 8.99. The monoisotopic (exact) mass is 259 g/mol. The number of nitrogens with zero attached hydrogens (tertiary/aromatic N) is 1. The van der Waals surface area contributed by atoms with Crippen molar-refractivity contribution < 1.29 is 14.3 Å². The van der Waals surface area contributed by atoms with E-state index >= 15 is 0 Å². The fourth-order valence-corrected chi connectivity index (χ4v) is 1.84. The molecule has 0 spiro atoms. The Morgan fingerprint density at radius 1 is 1.11 bits per heavy atom. The molecule has 98 valence electrons. The van der Waals surface area contributed by atoms with E-state index in [1.165, 1.54) is 25.1 Å². The van der Waals surface area contributed by atoms with E-state index in [0.29, 0.717) is 5.69 Å². The third kappa shape index (κ3) is 2.73. The maximum Gasteiger partial charge on any atom is 0.163 e. The Bertz CT molecular complexity index is 608. The molecule has 0 radical (unpaired) electrons. The van der Waals surface area contributed by atoms with Crippen LogP contribution in [0.2, 0.25) is 0 Å². The van der Waals surface area contributed by atoms with Gasteiger partial charge in [0.2, 0.25) is 0 Å². The van der Waals surface area contributed by atoms with Gasteiger partial charge in [-0.1, -0.05) is 0 Å². The first-order valence-corrected chi connectivity index (χ1v) is 5.82. The molecule has 3 nitrogen and oxygen atoms in total. The highest BCUT2D eigenvalue weighted by Gasteiger charge is 2.10. The van der Waals surface area contributed by atoms with E-state index in [4.69, 9.17) is 0 Å². The van der Waals surface area contributed by atoms with Crippen molar-refractivity contribution >= 4 is 17.2 Å². The first kappa shape index (κ1) is 13.1. The highest BCUT2D eigenvalue weighted by atomic mass is 19.1. The molecule has 0 heterocycles. The lowest BCUT2D eigenvalue weighted by Crippen LogP contribution is -2.09. The van der Waals surface area contributed by atoms with Gasteiger partial charge in [-0.25, -0.2) is 4.39 Å². The minimum Gasteiger partial charge on any atom is -0.507 e. The van der Waals surface area contributed by atoms with Gasteiger partial charge < -0.3 is 10.0 Å². The molecule has 0 bridgehead atoms. The second-order valence-corrected chi connectivity index (χ2v) is 4.29. The molecule has 19 heavy (non-hydrogen) atoms. The van der Waals surface area contributed by atoms with Crippen LogP contribution in [-0.2, 0) is 0 Å². The smallest absolute Gasteiger partial charge is 0.163 e. The Kier molecular flexibility index (Phi) is 3.51. The number of aromatic hydroxyl groups is 1. The van der Waals surface area contributed by atoms with Crippen molar-refractivity contribution in [2.75, 3.05) is 11.9 Å². The number of phenols is 1. The first-order valence-electron chi connectivity index (χ1n) is 5.82. The number of ketones is 1. The molecule has 1 N–H and O–H groups in total. The van der Waals surface area contributed by atoms with Gasteiger partial charge >= 0.3 is 0 Å². The Balaban J connectivity index is 2.34. The number of rotatable bonds is 3. The molecule has 2 aromatic rings. The molecule has 0 atom stereocenters. The van der Waals surface area contributed by atoms with Crippen LogP contribution in [0, 0.1) is 5.82 Å². The summed E-state index contributed by atoms with van der Waals surface area (Å²) in [4.78, 5) is 13.0. The molecule has 0 fully saturated rings. The van der Waals surface area contributed by atoms with Crippen LogP contribution in [0.5, 0.6) is 5.75 Å². The van der Waals surface area contributed by atoms with Gasteiger partial charge in [-0.3, -0.25) is 4.79 Å². The van der Waals surface area contributed by atoms with Gasteiger partial charge in [0.1, 0.15) is 11.6 Å². The molecule has 4 heteroatoms. The Morgan fingerprint density at radius 2 is 1.68 bits per heavy atom. The number of hydrogen-bond acceptors (Lipinski definition) is 3. The van der Waals surface area contributed by atoms with Gasteiger partial charge in [-0.05, 0) is 43.3 Å². The van der Waals surface area contributed by atoms with Crippen LogP contribution in [-0.4, -0.2) is 17.9 Å². The lowest BCUT2D eigenvalue weighted by atomic mass is 10.1. The van der Waals surface area contributed by atoms with E-state index in [-0.39, 0.29) is 22.9 Å². The summed E-state index contributed by atoms with van der Waals surface area (Å²) in [5.74, 6) is -0.542. The van der Waals surface area contributed by atoms with Gasteiger partial charge in [-0.2, -0.15) is 0 Å². The lowest BCUT2D eigenvalue weighted by Gasteiger charge is -2.20. The van der Waals surface area contributed by atoms with E-state index in [0.717, 1.165) is 5.69 Å². The fraction of sp³-hybridized carbons (Fsp3) is 0.133. The molecule has 0 saturated carbocycles. The average Bonchev–Trinajstić information content (AvgIpc) is 2.38. The van der Waals surface area contributed by atoms with Gasteiger partial charge in [0, 0.05) is 24.5 Å². The van der Waals surface area contributed by atoms with Crippen LogP contribution in [0.3, 0.4) is 0 Å². The fourth-order valence-electron chi connectivity index (χ4n) is 1.84. The minimum atomic E-state index is -0.299. The summed E-state index contributed by atoms with van der Waals surface area (Å²) in [6, 6.07) is 10.9. The molecule has 0 aromatic heterocycles. The number of phenolic OH excluding ortho intramolecular Hbond substituents is 1. The van der Waals surface area contributed by atoms with E-state index in [2.05, 4.69) is 0 Å². The molecule has 2 aromatic carbocycles. The second kappa shape index (κ2) is 5.10. The zero-order valence-electron chi connectivity index (χ0n) is 10.7. The van der Waals surface area contributed by atoms with E-state index in [9.17, 15) is 14.3 Å². The summed E-state index contributed by atoms with van der Waals surface area (Å²) in [6.07, 6.45) is 0. The van der Waals surface area contributed by atoms with Gasteiger partial charge in [0.15, 0.2) is 5.78 Å². The van der Waals surface area contributed by atoms with E-state index in [1.54, 1.807) is 36.2 Å². The molecule has 0 unspecified atom stereocenters. The predicted molar refractivity (Wildman–Crippen MR) is 72.6 cm³/mol. The zero-order valence-corrected chi connectivity index (χ0v) is 10.7. The predicted octanol–water partition coefficient (Wildman–Crippen LogP) is 3.50. The van der Waals surface area contributed by atoms with E-state index < -0.39 is 0 Å². The SMILES string of the molecule is CC(=O)c1ccc(N(C)c2ccc(F)cc2)cc1O. The van der Waals surface area contributed by atoms with Crippen LogP contribution in [0.15, 0.2) is 42.5 Å². The summed E-state index contributed by atoms with van der Waals surface area (Å²) >= 11 is 0. The van der Waals surface area contributed by atoms with Crippen molar-refractivity contribution in [2.24, 2.45) is 0 Å². The Hall–Kier alpha value is -2.36. The van der Waals surface area contributed by atoms with Crippen molar-refractivity contribution in [2.45, 2.75) is 6.92 Å². The quantitative estimate of drug-likeness (QED) is 0.857. The number of carbonyl (C=O) groups is 1. The summed E-state index contributed by atoms with van der Waals surface area (Å²) in [5.41, 5.74) is 1.79. The summed E-state index contributed by atoms with van der Waals surface area (Å²) in [7, 11) is 1.80. The maximum atomic E-state index is 12.9. The number of hydrogen-bond donors (Lipinski definition) is 1. The Morgan fingerprint density at radius 3 is 2.21 bits per heavy atom. The van der Waals surface area contributed by atoms with Crippen molar-refractivity contribution in [3.8, 4) is 5.75 Å². The standard InChI is InChI=1S/C15H14FNO2/c1-10(18)14-8-7-13(9-15(14)19)17(2)12-5-3-11(16)4-6-12/h3-9,19H,1-2H3. The summed E-state index contributed by atoms with van der Waals surface area (Å²) < 4.78 is 12.9. The van der Waals surface area contributed by atoms with Gasteiger partial charge in [0.25, 0.3) is 0 Å². The van der Waals surface area contributed by atoms with Crippen LogP contribution < -0.4 is 4.90 Å². The van der Waals surface area contributed by atoms with Crippen molar-refractivity contribution in [1.82, 2.24) is 0 Å². The van der Waals surface area contributed by atoms with E-state index in [1.807, 2.05) is 0 Å². The average molecular weight is 259 g/mol. The molecule has 2 rings (SSSR count). The molecule has 0 amide bonds. The molecule has 0 aliphatic heterocycles. The highest BCUT2D eigenvalue weighted by Crippen LogP contribution is 2.29. The van der Waals surface area contributed by atoms with Crippen LogP contribution in [0.1, 0.15) is 17.3 Å². The number of anilines is 2. The number of Topliss-reactive ketones (excluding diaryl/α,β-unsaturated/α-hetero) is 1. The number of benzene rings is 2. The van der Waals surface area contributed by atoms with Crippen LogP contribution in [0.4, 0.5) is 15.8 Å². The normalized spacial score (nSPS) is 10.3. The van der Waals surface area contributed by atoms with Gasteiger partial charge in [-0.15, -0.1) is 0 Å². The topological polar surface area (TPSA) is 40.5 Å². The second-order valence-electron chi connectivity index (χ2n) is 4.29. The zero-order chi connectivity index (χ0) is 14.0. The molecule has 0 saturated heterocycles. The van der Waals surface area contributed by atoms with Crippen LogP contribution >= 0.6 is 0 Å². The highest BCUT2D eigenvalue weighted by molar-refractivity contribution is 5.97. The van der Waals surface area contributed by atoms with Gasteiger partial charge in [0.05, 0.1) is 5.56 Å². The summed E-state index contributed by atoms with van der Waals surface area (Å²) in [6.45, 7) is 1.40. The molecular formula is C15H14FNO2. The molecular weight excluding hydrogens is 245 g/mol. The molecule has 0 aliphatic rings. The lowest BCUT2D eigenvalue weighted by molar-refractivity contribution is 0.101. The summed E-state index contributed by atoms with van der Waals surface area (Å²) in [5, 5.41) is 9.79. The Labute approximate surface area is 110 Å². The third-order valence-corrected chi connectivity index (χ3v) is 2.96. The number of halogens is 1. The maximum absolute atomic E-state index is 12.9.